The zero-order chi connectivity index (χ0) is 19.8. The van der Waals surface area contributed by atoms with Gasteiger partial charge in [-0.1, -0.05) is 32.0 Å². The van der Waals surface area contributed by atoms with Gasteiger partial charge in [0, 0.05) is 38.1 Å². The molecule has 1 aliphatic rings. The summed E-state index contributed by atoms with van der Waals surface area (Å²) in [6, 6.07) is 7.07. The lowest BCUT2D eigenvalue weighted by Crippen LogP contribution is -2.72. The van der Waals surface area contributed by atoms with Crippen molar-refractivity contribution in [3.63, 3.8) is 0 Å². The number of rotatable bonds is 5. The van der Waals surface area contributed by atoms with E-state index in [0.717, 1.165) is 19.0 Å². The molecular weight excluding hydrogens is 348 g/mol. The third-order valence-corrected chi connectivity index (χ3v) is 7.52. The monoisotopic (exact) mass is 380 g/mol. The van der Waals surface area contributed by atoms with E-state index in [4.69, 9.17) is 4.99 Å². The molecule has 7 heteroatoms. The second kappa shape index (κ2) is 7.19. The van der Waals surface area contributed by atoms with E-state index in [2.05, 4.69) is 37.9 Å². The van der Waals surface area contributed by atoms with E-state index in [1.54, 1.807) is 26.2 Å². The van der Waals surface area contributed by atoms with Gasteiger partial charge in [-0.2, -0.15) is 0 Å². The smallest absolute Gasteiger partial charge is 0.242 e. The molecule has 26 heavy (non-hydrogen) atoms. The Bertz CT molecular complexity index is 782. The number of hydrogen-bond donors (Lipinski definition) is 1. The van der Waals surface area contributed by atoms with Gasteiger partial charge >= 0.3 is 0 Å². The van der Waals surface area contributed by atoms with Crippen LogP contribution in [0.15, 0.2) is 34.2 Å². The van der Waals surface area contributed by atoms with Crippen LogP contribution in [0, 0.1) is 5.41 Å². The van der Waals surface area contributed by atoms with Crippen LogP contribution < -0.4 is 5.32 Å². The van der Waals surface area contributed by atoms with E-state index < -0.39 is 10.0 Å². The van der Waals surface area contributed by atoms with Crippen LogP contribution in [0.4, 0.5) is 0 Å². The predicted octanol–water partition coefficient (Wildman–Crippen LogP) is 2.52. The molecule has 0 aliphatic carbocycles. The molecule has 1 N–H and O–H groups in total. The summed E-state index contributed by atoms with van der Waals surface area (Å²) in [6.45, 7) is 13.0. The molecule has 1 aromatic rings. The zero-order valence-electron chi connectivity index (χ0n) is 17.0. The summed E-state index contributed by atoms with van der Waals surface area (Å²) in [5, 5.41) is 3.35. The highest BCUT2D eigenvalue weighted by atomic mass is 32.2. The van der Waals surface area contributed by atoms with Gasteiger partial charge in [0.25, 0.3) is 0 Å². The van der Waals surface area contributed by atoms with Crippen LogP contribution in [0.25, 0.3) is 0 Å². The summed E-state index contributed by atoms with van der Waals surface area (Å²) in [4.78, 5) is 7.33. The van der Waals surface area contributed by atoms with Gasteiger partial charge in [-0.3, -0.25) is 0 Å². The highest BCUT2D eigenvalue weighted by Crippen LogP contribution is 2.46. The first-order valence-corrected chi connectivity index (χ1v) is 10.5. The molecule has 146 valence electrons. The van der Waals surface area contributed by atoms with Crippen molar-refractivity contribution in [3.8, 4) is 0 Å². The zero-order valence-corrected chi connectivity index (χ0v) is 17.8. The molecule has 6 nitrogen and oxygen atoms in total. The summed E-state index contributed by atoms with van der Waals surface area (Å²) in [7, 11) is -0.399. The lowest BCUT2D eigenvalue weighted by molar-refractivity contribution is -0.0667. The second-order valence-electron chi connectivity index (χ2n) is 8.09. The number of sulfonamides is 1. The van der Waals surface area contributed by atoms with Gasteiger partial charge in [0.15, 0.2) is 5.96 Å². The molecule has 0 spiro atoms. The minimum atomic E-state index is -3.49. The lowest BCUT2D eigenvalue weighted by atomic mass is 9.65. The van der Waals surface area contributed by atoms with Gasteiger partial charge in [-0.25, -0.2) is 17.7 Å². The van der Waals surface area contributed by atoms with Gasteiger partial charge in [-0.05, 0) is 32.4 Å². The van der Waals surface area contributed by atoms with Crippen LogP contribution >= 0.6 is 0 Å². The topological polar surface area (TPSA) is 65.0 Å². The quantitative estimate of drug-likeness (QED) is 0.630. The fraction of sp³-hybridized carbons (Fsp3) is 0.632. The standard InChI is InChI=1S/C19H32N4O2S/c1-8-20-17(23-14-18(2,3)19(23,4)5)21-13-15-11-9-10-12-16(15)26(24,25)22(6)7/h9-12H,8,13-14H2,1-7H3,(H,20,21). The SMILES string of the molecule is CCNC(=NCc1ccccc1S(=O)(=O)N(C)C)N1CC(C)(C)C1(C)C. The van der Waals surface area contributed by atoms with Gasteiger partial charge < -0.3 is 10.2 Å². The van der Waals surface area contributed by atoms with Crippen molar-refractivity contribution in [3.05, 3.63) is 29.8 Å². The van der Waals surface area contributed by atoms with E-state index in [-0.39, 0.29) is 11.0 Å². The highest BCUT2D eigenvalue weighted by Gasteiger charge is 2.53. The average molecular weight is 381 g/mol. The largest absolute Gasteiger partial charge is 0.356 e. The van der Waals surface area contributed by atoms with Gasteiger partial charge in [0.1, 0.15) is 0 Å². The minimum absolute atomic E-state index is 0.0107. The van der Waals surface area contributed by atoms with E-state index in [1.807, 2.05) is 19.1 Å². The third-order valence-electron chi connectivity index (χ3n) is 5.61. The summed E-state index contributed by atoms with van der Waals surface area (Å²) in [5.74, 6) is 0.828. The second-order valence-corrected chi connectivity index (χ2v) is 10.2. The molecule has 1 aromatic carbocycles. The summed E-state index contributed by atoms with van der Waals surface area (Å²) in [5.41, 5.74) is 0.896. The number of guanidine groups is 1. The maximum absolute atomic E-state index is 12.6. The summed E-state index contributed by atoms with van der Waals surface area (Å²) >= 11 is 0. The lowest BCUT2D eigenvalue weighted by Gasteiger charge is -2.62. The van der Waals surface area contributed by atoms with E-state index in [1.165, 1.54) is 4.31 Å². The Labute approximate surface area is 158 Å². The minimum Gasteiger partial charge on any atom is -0.356 e. The van der Waals surface area contributed by atoms with Crippen molar-refractivity contribution in [2.75, 3.05) is 27.2 Å². The predicted molar refractivity (Wildman–Crippen MR) is 107 cm³/mol. The van der Waals surface area contributed by atoms with Gasteiger partial charge in [0.2, 0.25) is 10.0 Å². The molecule has 0 aromatic heterocycles. The van der Waals surface area contributed by atoms with E-state index in [9.17, 15) is 8.42 Å². The van der Waals surface area contributed by atoms with E-state index >= 15 is 0 Å². The number of nitrogens with zero attached hydrogens (tertiary/aromatic N) is 3. The Morgan fingerprint density at radius 2 is 1.85 bits per heavy atom. The number of benzene rings is 1. The van der Waals surface area contributed by atoms with Crippen molar-refractivity contribution in [2.45, 2.75) is 51.6 Å². The molecule has 2 rings (SSSR count). The van der Waals surface area contributed by atoms with Crippen LogP contribution in [0.3, 0.4) is 0 Å². The molecule has 0 atom stereocenters. The third kappa shape index (κ3) is 3.60. The van der Waals surface area contributed by atoms with Crippen LogP contribution in [-0.2, 0) is 16.6 Å². The molecular formula is C19H32N4O2S. The Balaban J connectivity index is 2.33. The van der Waals surface area contributed by atoms with Gasteiger partial charge in [-0.15, -0.1) is 0 Å². The Morgan fingerprint density at radius 3 is 2.35 bits per heavy atom. The maximum atomic E-state index is 12.6. The fourth-order valence-corrected chi connectivity index (χ4v) is 4.15. The molecule has 0 saturated carbocycles. The van der Waals surface area contributed by atoms with Crippen molar-refractivity contribution in [1.29, 1.82) is 0 Å². The Kier molecular flexibility index (Phi) is 5.73. The van der Waals surface area contributed by atoms with Crippen LogP contribution in [0.5, 0.6) is 0 Å². The van der Waals surface area contributed by atoms with Crippen molar-refractivity contribution < 1.29 is 8.42 Å². The number of aliphatic imine (C=N–C) groups is 1. The van der Waals surface area contributed by atoms with Crippen LogP contribution in [0.2, 0.25) is 0 Å². The van der Waals surface area contributed by atoms with Crippen molar-refractivity contribution in [1.82, 2.24) is 14.5 Å². The number of hydrogen-bond acceptors (Lipinski definition) is 3. The summed E-state index contributed by atoms with van der Waals surface area (Å²) < 4.78 is 26.4. The first kappa shape index (κ1) is 20.7. The van der Waals surface area contributed by atoms with Crippen LogP contribution in [0.1, 0.15) is 40.2 Å². The molecule has 0 bridgehead atoms. The fourth-order valence-electron chi connectivity index (χ4n) is 3.04. The first-order valence-electron chi connectivity index (χ1n) is 9.01. The molecule has 1 aliphatic heterocycles. The van der Waals surface area contributed by atoms with Gasteiger partial charge in [0.05, 0.1) is 11.4 Å². The van der Waals surface area contributed by atoms with E-state index in [0.29, 0.717) is 17.0 Å². The number of likely N-dealkylation sites (tertiary alicyclic amines) is 1. The molecule has 0 radical (unpaired) electrons. The Hall–Kier alpha value is -1.60. The number of nitrogens with one attached hydrogen (secondary N) is 1. The molecule has 1 heterocycles. The average Bonchev–Trinajstić information content (AvgIpc) is 2.56. The molecule has 1 fully saturated rings. The van der Waals surface area contributed by atoms with Crippen molar-refractivity contribution >= 4 is 16.0 Å². The summed E-state index contributed by atoms with van der Waals surface area (Å²) in [6.07, 6.45) is 0. The molecule has 0 amide bonds. The normalized spacial score (nSPS) is 19.4. The first-order chi connectivity index (χ1) is 11.9. The maximum Gasteiger partial charge on any atom is 0.242 e. The van der Waals surface area contributed by atoms with Crippen molar-refractivity contribution in [2.24, 2.45) is 10.4 Å². The molecule has 0 unspecified atom stereocenters. The highest BCUT2D eigenvalue weighted by molar-refractivity contribution is 7.89. The molecule has 1 saturated heterocycles. The van der Waals surface area contributed by atoms with Crippen LogP contribution in [-0.4, -0.2) is 56.3 Å². The Morgan fingerprint density at radius 1 is 1.23 bits per heavy atom.